The van der Waals surface area contributed by atoms with Gasteiger partial charge in [0.1, 0.15) is 13.2 Å². The van der Waals surface area contributed by atoms with Crippen molar-refractivity contribution < 1.29 is 28.6 Å². The van der Waals surface area contributed by atoms with Crippen molar-refractivity contribution in [3.05, 3.63) is 158 Å². The summed E-state index contributed by atoms with van der Waals surface area (Å²) in [5.41, 5.74) is 0. The number of rotatable bonds is 54. The Kier molecular flexibility index (Phi) is 59.5. The normalized spacial score (nSPS) is 12.9. The average molecular weight is 1060 g/mol. The van der Waals surface area contributed by atoms with Crippen LogP contribution in [0.1, 0.15) is 252 Å². The molecule has 0 radical (unpaired) electrons. The molecular formula is C71H112O6. The molecule has 6 heteroatoms. The highest BCUT2D eigenvalue weighted by Gasteiger charge is 2.19. The van der Waals surface area contributed by atoms with Crippen molar-refractivity contribution in [2.24, 2.45) is 0 Å². The summed E-state index contributed by atoms with van der Waals surface area (Å²) in [5.74, 6) is -1.11. The van der Waals surface area contributed by atoms with Gasteiger partial charge in [0.2, 0.25) is 0 Å². The van der Waals surface area contributed by atoms with Gasteiger partial charge in [-0.1, -0.05) is 269 Å². The molecule has 0 N–H and O–H groups in total. The van der Waals surface area contributed by atoms with Crippen LogP contribution in [-0.2, 0) is 28.6 Å². The second-order valence-corrected chi connectivity index (χ2v) is 19.8. The van der Waals surface area contributed by atoms with Gasteiger partial charge in [-0.05, 0) is 122 Å². The van der Waals surface area contributed by atoms with E-state index in [1.54, 1.807) is 0 Å². The fourth-order valence-electron chi connectivity index (χ4n) is 7.96. The Labute approximate surface area is 473 Å². The first-order chi connectivity index (χ1) is 38.0. The Hall–Kier alpha value is -4.97. The van der Waals surface area contributed by atoms with Crippen LogP contribution in [0.5, 0.6) is 0 Å². The van der Waals surface area contributed by atoms with Gasteiger partial charge in [-0.2, -0.15) is 0 Å². The summed E-state index contributed by atoms with van der Waals surface area (Å²) in [7, 11) is 0. The minimum Gasteiger partial charge on any atom is -0.462 e. The van der Waals surface area contributed by atoms with Gasteiger partial charge in [0.05, 0.1) is 0 Å². The molecule has 0 aromatic rings. The van der Waals surface area contributed by atoms with Crippen LogP contribution < -0.4 is 0 Å². The second kappa shape index (κ2) is 63.6. The molecule has 0 unspecified atom stereocenters. The molecule has 0 aromatic carbocycles. The van der Waals surface area contributed by atoms with Crippen molar-refractivity contribution in [2.45, 2.75) is 258 Å². The molecule has 6 nitrogen and oxygen atoms in total. The molecule has 0 bridgehead atoms. The van der Waals surface area contributed by atoms with Gasteiger partial charge in [-0.3, -0.25) is 14.4 Å². The number of hydrogen-bond donors (Lipinski definition) is 0. The number of hydrogen-bond acceptors (Lipinski definition) is 6. The van der Waals surface area contributed by atoms with Crippen LogP contribution in [0.15, 0.2) is 158 Å². The van der Waals surface area contributed by atoms with E-state index in [9.17, 15) is 14.4 Å². The fourth-order valence-corrected chi connectivity index (χ4v) is 7.96. The van der Waals surface area contributed by atoms with Crippen LogP contribution >= 0.6 is 0 Å². The zero-order valence-electron chi connectivity index (χ0n) is 49.4. The van der Waals surface area contributed by atoms with E-state index < -0.39 is 6.10 Å². The lowest BCUT2D eigenvalue weighted by Crippen LogP contribution is -2.30. The lowest BCUT2D eigenvalue weighted by Gasteiger charge is -2.18. The Balaban J connectivity index is 4.60. The van der Waals surface area contributed by atoms with Crippen molar-refractivity contribution in [1.29, 1.82) is 0 Å². The third kappa shape index (κ3) is 61.8. The standard InChI is InChI=1S/C71H112O6/c1-4-7-10-13-16-19-22-25-28-31-34-35-38-41-44-47-50-53-56-59-62-65-71(74)77-68(66-75-69(72)63-60-57-54-51-48-45-42-39-36-32-29-26-23-20-17-14-11-8-5-2)67-76-70(73)64-61-58-55-52-49-46-43-40-37-33-30-27-24-21-18-15-12-9-6-3/h8-9,11-12,17-18,20-21,25-30,36-37,39-40,45-46,48-49,54-55,57-58,68H,4-7,10,13-16,19,22-24,31-35,38,41-44,47,50-53,56,59-67H2,1-3H3/b11-8-,12-9-,20-17-,21-18-,28-25-,29-26-,30-27-,39-36-,40-37-,48-45-,49-46-,57-54-,58-55-. The quantitative estimate of drug-likeness (QED) is 0.0261. The molecule has 77 heavy (non-hydrogen) atoms. The number of unbranched alkanes of at least 4 members (excludes halogenated alkanes) is 17. The summed E-state index contributed by atoms with van der Waals surface area (Å²) in [5, 5.41) is 0. The van der Waals surface area contributed by atoms with Crippen molar-refractivity contribution in [3.8, 4) is 0 Å². The van der Waals surface area contributed by atoms with E-state index in [1.807, 2.05) is 24.3 Å². The SMILES string of the molecule is CC/C=C\C/C=C\C/C=C\C/C=C\C/C=C\C/C=C\CCC(=O)OCC(COC(=O)CC/C=C\C/C=C\C/C=C\C/C=C\C/C=C\C/C=C\CC)OC(=O)CCCCCCCCCCCCC/C=C\CCCCCCCC. The van der Waals surface area contributed by atoms with Crippen LogP contribution in [-0.4, -0.2) is 37.2 Å². The van der Waals surface area contributed by atoms with Gasteiger partial charge in [0.15, 0.2) is 6.10 Å². The first-order valence-electron chi connectivity index (χ1n) is 31.0. The third-order valence-electron chi connectivity index (χ3n) is 12.5. The van der Waals surface area contributed by atoms with Gasteiger partial charge in [0, 0.05) is 19.3 Å². The Morgan fingerprint density at radius 2 is 0.532 bits per heavy atom. The molecule has 0 heterocycles. The lowest BCUT2D eigenvalue weighted by atomic mass is 10.0. The Morgan fingerprint density at radius 1 is 0.273 bits per heavy atom. The van der Waals surface area contributed by atoms with Crippen molar-refractivity contribution in [1.82, 2.24) is 0 Å². The molecule has 0 fully saturated rings. The van der Waals surface area contributed by atoms with E-state index in [1.165, 1.54) is 103 Å². The number of esters is 3. The molecule has 0 aromatic heterocycles. The number of allylic oxidation sites excluding steroid dienone is 26. The molecule has 0 amide bonds. The summed E-state index contributed by atoms with van der Waals surface area (Å²) >= 11 is 0. The summed E-state index contributed by atoms with van der Waals surface area (Å²) in [6.07, 6.45) is 92.7. The molecule has 0 spiro atoms. The molecule has 0 saturated heterocycles. The van der Waals surface area contributed by atoms with Crippen LogP contribution in [0.2, 0.25) is 0 Å². The molecule has 0 aliphatic heterocycles. The molecule has 0 atom stereocenters. The predicted octanol–water partition coefficient (Wildman–Crippen LogP) is 21.3. The van der Waals surface area contributed by atoms with Crippen LogP contribution in [0.3, 0.4) is 0 Å². The Morgan fingerprint density at radius 3 is 0.844 bits per heavy atom. The van der Waals surface area contributed by atoms with Crippen molar-refractivity contribution in [2.75, 3.05) is 13.2 Å². The highest BCUT2D eigenvalue weighted by atomic mass is 16.6. The van der Waals surface area contributed by atoms with Crippen LogP contribution in [0.4, 0.5) is 0 Å². The number of ether oxygens (including phenoxy) is 3. The maximum absolute atomic E-state index is 12.9. The van der Waals surface area contributed by atoms with E-state index in [0.717, 1.165) is 96.3 Å². The molecule has 432 valence electrons. The van der Waals surface area contributed by atoms with Gasteiger partial charge in [-0.15, -0.1) is 0 Å². The topological polar surface area (TPSA) is 78.9 Å². The summed E-state index contributed by atoms with van der Waals surface area (Å²) in [4.78, 5) is 38.2. The second-order valence-electron chi connectivity index (χ2n) is 19.8. The zero-order valence-corrected chi connectivity index (χ0v) is 49.4. The fraction of sp³-hybridized carbons (Fsp3) is 0.592. The van der Waals surface area contributed by atoms with Crippen molar-refractivity contribution >= 4 is 17.9 Å². The molecule has 0 aliphatic carbocycles. The van der Waals surface area contributed by atoms with E-state index in [2.05, 4.69) is 154 Å². The third-order valence-corrected chi connectivity index (χ3v) is 12.5. The maximum Gasteiger partial charge on any atom is 0.306 e. The van der Waals surface area contributed by atoms with E-state index >= 15 is 0 Å². The number of carbonyl (C=O) groups is 3. The molecule has 0 saturated carbocycles. The average Bonchev–Trinajstić information content (AvgIpc) is 3.43. The van der Waals surface area contributed by atoms with Gasteiger partial charge in [0.25, 0.3) is 0 Å². The Bertz CT molecular complexity index is 1650. The van der Waals surface area contributed by atoms with Crippen LogP contribution in [0, 0.1) is 0 Å². The summed E-state index contributed by atoms with van der Waals surface area (Å²) in [6, 6.07) is 0. The first kappa shape index (κ1) is 72.0. The molecule has 0 aliphatic rings. The van der Waals surface area contributed by atoms with Crippen molar-refractivity contribution in [3.63, 3.8) is 0 Å². The highest BCUT2D eigenvalue weighted by Crippen LogP contribution is 2.15. The van der Waals surface area contributed by atoms with Gasteiger partial charge in [-0.25, -0.2) is 0 Å². The van der Waals surface area contributed by atoms with E-state index in [-0.39, 0.29) is 50.4 Å². The molecular weight excluding hydrogens is 949 g/mol. The van der Waals surface area contributed by atoms with Crippen LogP contribution in [0.25, 0.3) is 0 Å². The monoisotopic (exact) mass is 1060 g/mol. The maximum atomic E-state index is 12.9. The summed E-state index contributed by atoms with van der Waals surface area (Å²) < 4.78 is 16.8. The largest absolute Gasteiger partial charge is 0.462 e. The lowest BCUT2D eigenvalue weighted by molar-refractivity contribution is -0.166. The number of carbonyl (C=O) groups excluding carboxylic acids is 3. The minimum atomic E-state index is -0.849. The minimum absolute atomic E-state index is 0.148. The smallest absolute Gasteiger partial charge is 0.306 e. The zero-order chi connectivity index (χ0) is 55.7. The highest BCUT2D eigenvalue weighted by molar-refractivity contribution is 5.71. The summed E-state index contributed by atoms with van der Waals surface area (Å²) in [6.45, 7) is 6.28. The predicted molar refractivity (Wildman–Crippen MR) is 334 cm³/mol. The van der Waals surface area contributed by atoms with E-state index in [0.29, 0.717) is 12.8 Å². The van der Waals surface area contributed by atoms with Gasteiger partial charge >= 0.3 is 17.9 Å². The van der Waals surface area contributed by atoms with Gasteiger partial charge < -0.3 is 14.2 Å². The van der Waals surface area contributed by atoms with E-state index in [4.69, 9.17) is 14.2 Å². The first-order valence-corrected chi connectivity index (χ1v) is 31.0. The molecule has 0 rings (SSSR count).